The van der Waals surface area contributed by atoms with Crippen LogP contribution in [-0.2, 0) is 9.47 Å². The van der Waals surface area contributed by atoms with Crippen molar-refractivity contribution < 1.29 is 27.6 Å². The minimum absolute atomic E-state index is 0.00472. The van der Waals surface area contributed by atoms with Gasteiger partial charge < -0.3 is 14.0 Å². The largest absolute Gasteiger partial charge is 0.351 e. The van der Waals surface area contributed by atoms with Crippen molar-refractivity contribution in [2.45, 2.75) is 43.3 Å². The lowest BCUT2D eigenvalue weighted by Gasteiger charge is -2.28. The van der Waals surface area contributed by atoms with Gasteiger partial charge in [-0.1, -0.05) is 29.8 Å². The first-order chi connectivity index (χ1) is 12.6. The number of amides is 1. The Morgan fingerprint density at radius 2 is 1.92 bits per heavy atom. The van der Waals surface area contributed by atoms with Crippen LogP contribution < -0.4 is 4.90 Å². The second-order valence-corrected chi connectivity index (χ2v) is 7.88. The van der Waals surface area contributed by atoms with Gasteiger partial charge in [-0.15, -0.1) is 0 Å². The highest BCUT2D eigenvalue weighted by Crippen LogP contribution is 2.45. The van der Waals surface area contributed by atoms with Crippen molar-refractivity contribution in [3.8, 4) is 0 Å². The molecule has 3 fully saturated rings. The number of fused-ring (bicyclic) bond motifs is 2. The number of ether oxygens (including phenoxy) is 2. The number of thioether (sulfide) groups is 1. The van der Waals surface area contributed by atoms with Crippen LogP contribution in [-0.4, -0.2) is 34.9 Å². The minimum Gasteiger partial charge on any atom is -0.351 e. The first-order valence-electron chi connectivity index (χ1n) is 8.65. The summed E-state index contributed by atoms with van der Waals surface area (Å²) in [7, 11) is 0. The SMILES string of the molecule is O=C1S[C@@H]2CCCC[C@@H]2N1c1noc2c(F)c(F)c(C3OCCO3)cc12. The molecular weight excluding hydrogens is 366 g/mol. The zero-order chi connectivity index (χ0) is 17.8. The lowest BCUT2D eigenvalue weighted by molar-refractivity contribution is -0.0467. The number of nitrogens with zero attached hydrogens (tertiary/aromatic N) is 2. The van der Waals surface area contributed by atoms with Gasteiger partial charge in [0.1, 0.15) is 0 Å². The van der Waals surface area contributed by atoms with E-state index in [0.29, 0.717) is 13.2 Å². The maximum atomic E-state index is 14.5. The van der Waals surface area contributed by atoms with Gasteiger partial charge in [0.15, 0.2) is 17.9 Å². The molecule has 26 heavy (non-hydrogen) atoms. The molecule has 2 atom stereocenters. The van der Waals surface area contributed by atoms with Crippen LogP contribution in [0.4, 0.5) is 19.4 Å². The molecule has 0 unspecified atom stereocenters. The van der Waals surface area contributed by atoms with Crippen LogP contribution in [0.25, 0.3) is 11.0 Å². The summed E-state index contributed by atoms with van der Waals surface area (Å²) >= 11 is 1.29. The molecule has 9 heteroatoms. The molecular formula is C17H16F2N2O4S. The lowest BCUT2D eigenvalue weighted by atomic mass is 9.94. The topological polar surface area (TPSA) is 64.8 Å². The van der Waals surface area contributed by atoms with E-state index >= 15 is 0 Å². The molecule has 2 saturated heterocycles. The summed E-state index contributed by atoms with van der Waals surface area (Å²) < 4.78 is 44.6. The van der Waals surface area contributed by atoms with Gasteiger partial charge in [0.2, 0.25) is 11.4 Å². The van der Waals surface area contributed by atoms with E-state index in [9.17, 15) is 13.6 Å². The van der Waals surface area contributed by atoms with Gasteiger partial charge in [0.05, 0.1) is 24.6 Å². The van der Waals surface area contributed by atoms with E-state index < -0.39 is 17.9 Å². The molecule has 3 aliphatic rings. The Balaban J connectivity index is 1.63. The Morgan fingerprint density at radius 3 is 2.73 bits per heavy atom. The number of aromatic nitrogens is 1. The van der Waals surface area contributed by atoms with Crippen molar-refractivity contribution in [1.29, 1.82) is 0 Å². The molecule has 6 nitrogen and oxygen atoms in total. The second-order valence-electron chi connectivity index (χ2n) is 6.69. The number of rotatable bonds is 2. The van der Waals surface area contributed by atoms with Gasteiger partial charge in [-0.05, 0) is 18.9 Å². The third-order valence-electron chi connectivity index (χ3n) is 5.21. The van der Waals surface area contributed by atoms with Crippen LogP contribution in [0.1, 0.15) is 37.5 Å². The molecule has 2 aromatic rings. The Hall–Kier alpha value is -1.71. The molecule has 2 aliphatic heterocycles. The number of benzene rings is 1. The fourth-order valence-electron chi connectivity index (χ4n) is 3.98. The summed E-state index contributed by atoms with van der Waals surface area (Å²) in [6.07, 6.45) is 2.98. The maximum absolute atomic E-state index is 14.5. The van der Waals surface area contributed by atoms with Crippen molar-refractivity contribution in [3.63, 3.8) is 0 Å². The van der Waals surface area contributed by atoms with Gasteiger partial charge in [0.25, 0.3) is 5.24 Å². The molecule has 0 spiro atoms. The Kier molecular flexibility index (Phi) is 3.91. The normalized spacial score (nSPS) is 26.8. The van der Waals surface area contributed by atoms with Gasteiger partial charge in [-0.2, -0.15) is 4.39 Å². The van der Waals surface area contributed by atoms with E-state index in [2.05, 4.69) is 5.16 Å². The van der Waals surface area contributed by atoms with E-state index in [1.807, 2.05) is 0 Å². The predicted molar refractivity (Wildman–Crippen MR) is 90.1 cm³/mol. The van der Waals surface area contributed by atoms with Crippen LogP contribution in [0.2, 0.25) is 0 Å². The van der Waals surface area contributed by atoms with Gasteiger partial charge in [-0.3, -0.25) is 9.69 Å². The summed E-state index contributed by atoms with van der Waals surface area (Å²) in [5.41, 5.74) is -0.340. The monoisotopic (exact) mass is 382 g/mol. The average molecular weight is 382 g/mol. The van der Waals surface area contributed by atoms with E-state index in [0.717, 1.165) is 25.7 Å². The van der Waals surface area contributed by atoms with E-state index in [4.69, 9.17) is 14.0 Å². The molecule has 1 aromatic heterocycles. The zero-order valence-electron chi connectivity index (χ0n) is 13.7. The molecule has 5 rings (SSSR count). The number of hydrogen-bond donors (Lipinski definition) is 0. The summed E-state index contributed by atoms with van der Waals surface area (Å²) in [6, 6.07) is 1.43. The molecule has 0 N–H and O–H groups in total. The highest BCUT2D eigenvalue weighted by atomic mass is 32.2. The van der Waals surface area contributed by atoms with Crippen LogP contribution in [0.5, 0.6) is 0 Å². The quantitative estimate of drug-likeness (QED) is 0.778. The van der Waals surface area contributed by atoms with Crippen LogP contribution in [0, 0.1) is 11.6 Å². The van der Waals surface area contributed by atoms with Crippen molar-refractivity contribution in [2.75, 3.05) is 18.1 Å². The predicted octanol–water partition coefficient (Wildman–Crippen LogP) is 4.14. The standard InChI is InChI=1S/C17H16F2N2O4S/c18-12-8(16-23-5-6-24-16)7-9-14(13(12)19)25-20-15(9)21-10-3-1-2-4-11(10)26-17(21)22/h7,10-11,16H,1-6H2/t10-,11+/m0/s1. The lowest BCUT2D eigenvalue weighted by Crippen LogP contribution is -2.38. The number of carbonyl (C=O) groups is 1. The third kappa shape index (κ3) is 2.37. The van der Waals surface area contributed by atoms with Crippen LogP contribution in [0.3, 0.4) is 0 Å². The third-order valence-corrected chi connectivity index (χ3v) is 6.46. The van der Waals surface area contributed by atoms with Gasteiger partial charge in [-0.25, -0.2) is 4.39 Å². The second kappa shape index (κ2) is 6.17. The van der Waals surface area contributed by atoms with Crippen molar-refractivity contribution in [1.82, 2.24) is 5.16 Å². The number of halogens is 2. The number of carbonyl (C=O) groups excluding carboxylic acids is 1. The zero-order valence-corrected chi connectivity index (χ0v) is 14.6. The van der Waals surface area contributed by atoms with Crippen molar-refractivity contribution >= 4 is 33.8 Å². The Bertz CT molecular complexity index is 883. The summed E-state index contributed by atoms with van der Waals surface area (Å²) in [5.74, 6) is -1.98. The van der Waals surface area contributed by atoms with E-state index in [-0.39, 0.29) is 38.9 Å². The van der Waals surface area contributed by atoms with Gasteiger partial charge >= 0.3 is 0 Å². The van der Waals surface area contributed by atoms with Gasteiger partial charge in [0, 0.05) is 10.8 Å². The molecule has 1 aromatic carbocycles. The van der Waals surface area contributed by atoms with E-state index in [1.165, 1.54) is 17.8 Å². The van der Waals surface area contributed by atoms with Crippen LogP contribution in [0.15, 0.2) is 10.6 Å². The summed E-state index contributed by atoms with van der Waals surface area (Å²) in [6.45, 7) is 0.622. The molecule has 1 amide bonds. The maximum Gasteiger partial charge on any atom is 0.287 e. The number of anilines is 1. The Morgan fingerprint density at radius 1 is 1.15 bits per heavy atom. The molecule has 138 valence electrons. The molecule has 0 bridgehead atoms. The van der Waals surface area contributed by atoms with Crippen LogP contribution >= 0.6 is 11.8 Å². The van der Waals surface area contributed by atoms with E-state index in [1.54, 1.807) is 4.90 Å². The first kappa shape index (κ1) is 16.5. The number of hydrogen-bond acceptors (Lipinski definition) is 6. The fourth-order valence-corrected chi connectivity index (χ4v) is 5.27. The molecule has 1 aliphatic carbocycles. The summed E-state index contributed by atoms with van der Waals surface area (Å²) in [5, 5.41) is 4.25. The van der Waals surface area contributed by atoms with Crippen molar-refractivity contribution in [3.05, 3.63) is 23.3 Å². The molecule has 3 heterocycles. The fraction of sp³-hybridized carbons (Fsp3) is 0.529. The summed E-state index contributed by atoms with van der Waals surface area (Å²) in [4.78, 5) is 14.1. The first-order valence-corrected chi connectivity index (χ1v) is 9.53. The minimum atomic E-state index is -1.14. The highest BCUT2D eigenvalue weighted by molar-refractivity contribution is 8.14. The average Bonchev–Trinajstić information content (AvgIpc) is 3.35. The Labute approximate surface area is 151 Å². The molecule has 1 saturated carbocycles. The molecule has 0 radical (unpaired) electrons. The smallest absolute Gasteiger partial charge is 0.287 e. The highest BCUT2D eigenvalue weighted by Gasteiger charge is 2.44. The van der Waals surface area contributed by atoms with Crippen molar-refractivity contribution in [2.24, 2.45) is 0 Å².